The molecule has 35 heavy (non-hydrogen) atoms. The Labute approximate surface area is 202 Å². The molecule has 1 unspecified atom stereocenters. The molecule has 1 aromatic heterocycles. The molecule has 0 spiro atoms. The van der Waals surface area contributed by atoms with Crippen molar-refractivity contribution in [3.05, 3.63) is 46.6 Å². The Morgan fingerprint density at radius 2 is 1.89 bits per heavy atom. The van der Waals surface area contributed by atoms with Crippen molar-refractivity contribution < 1.29 is 24.0 Å². The number of fused-ring (bicyclic) bond motifs is 1. The minimum Gasteiger partial charge on any atom is -0.338 e. The summed E-state index contributed by atoms with van der Waals surface area (Å²) < 4.78 is 1.83. The number of nitrogens with one attached hydrogen (secondary N) is 3. The lowest BCUT2D eigenvalue weighted by Crippen LogP contribution is -2.54. The van der Waals surface area contributed by atoms with Gasteiger partial charge in [0.1, 0.15) is 6.04 Å². The van der Waals surface area contributed by atoms with Crippen molar-refractivity contribution in [2.45, 2.75) is 58.5 Å². The predicted octanol–water partition coefficient (Wildman–Crippen LogP) is 1.93. The fourth-order valence-corrected chi connectivity index (χ4v) is 4.40. The van der Waals surface area contributed by atoms with Crippen LogP contribution in [0.3, 0.4) is 0 Å². The molecule has 11 nitrogen and oxygen atoms in total. The number of anilines is 1. The van der Waals surface area contributed by atoms with Gasteiger partial charge in [-0.05, 0) is 57.7 Å². The third-order valence-electron chi connectivity index (χ3n) is 6.09. The van der Waals surface area contributed by atoms with Crippen LogP contribution < -0.4 is 16.0 Å². The molecule has 0 bridgehead atoms. The van der Waals surface area contributed by atoms with Crippen molar-refractivity contribution in [1.82, 2.24) is 25.3 Å². The normalized spacial score (nSPS) is 17.6. The molecule has 2 aromatic rings. The van der Waals surface area contributed by atoms with Crippen molar-refractivity contribution >= 4 is 35.5 Å². The number of piperidine rings is 1. The van der Waals surface area contributed by atoms with E-state index in [4.69, 9.17) is 0 Å². The number of hydrogen-bond donors (Lipinski definition) is 3. The maximum Gasteiger partial charge on any atom is 0.320 e. The molecule has 184 valence electrons. The van der Waals surface area contributed by atoms with Gasteiger partial charge in [-0.25, -0.2) is 4.79 Å². The van der Waals surface area contributed by atoms with Crippen LogP contribution in [-0.2, 0) is 16.0 Å². The van der Waals surface area contributed by atoms with Gasteiger partial charge in [-0.15, -0.1) is 0 Å². The number of hydrogen-bond acceptors (Lipinski definition) is 6. The number of carbonyl (C=O) groups excluding carboxylic acids is 5. The van der Waals surface area contributed by atoms with Gasteiger partial charge in [-0.3, -0.25) is 39.4 Å². The average Bonchev–Trinajstić information content (AvgIpc) is 3.28. The largest absolute Gasteiger partial charge is 0.338 e. The molecule has 11 heteroatoms. The Kier molecular flexibility index (Phi) is 6.68. The fraction of sp³-hybridized carbons (Fsp3) is 0.417. The highest BCUT2D eigenvalue weighted by molar-refractivity contribution is 6.23. The second-order valence-corrected chi connectivity index (χ2v) is 9.02. The lowest BCUT2D eigenvalue weighted by molar-refractivity contribution is -0.136. The summed E-state index contributed by atoms with van der Waals surface area (Å²) in [5.41, 5.74) is 2.29. The summed E-state index contributed by atoms with van der Waals surface area (Å²) >= 11 is 0. The van der Waals surface area contributed by atoms with Crippen LogP contribution in [0.1, 0.15) is 71.1 Å². The molecule has 1 aromatic carbocycles. The average molecular weight is 481 g/mol. The van der Waals surface area contributed by atoms with E-state index in [9.17, 15) is 24.0 Å². The number of carbonyl (C=O) groups is 5. The maximum atomic E-state index is 12.9. The molecule has 0 radical (unpaired) electrons. The van der Waals surface area contributed by atoms with Crippen molar-refractivity contribution in [2.24, 2.45) is 0 Å². The lowest BCUT2D eigenvalue weighted by atomic mass is 10.0. The van der Waals surface area contributed by atoms with Gasteiger partial charge >= 0.3 is 6.03 Å². The quantitative estimate of drug-likeness (QED) is 0.408. The van der Waals surface area contributed by atoms with Crippen molar-refractivity contribution in [3.8, 4) is 0 Å². The van der Waals surface area contributed by atoms with E-state index >= 15 is 0 Å². The molecular formula is C24H28N6O5. The van der Waals surface area contributed by atoms with E-state index in [2.05, 4.69) is 21.0 Å². The van der Waals surface area contributed by atoms with Gasteiger partial charge in [-0.1, -0.05) is 6.07 Å². The summed E-state index contributed by atoms with van der Waals surface area (Å²) in [7, 11) is 0. The van der Waals surface area contributed by atoms with Crippen LogP contribution in [0.25, 0.3) is 0 Å². The molecule has 2 aliphatic rings. The van der Waals surface area contributed by atoms with Crippen LogP contribution in [0.15, 0.2) is 24.3 Å². The van der Waals surface area contributed by atoms with Crippen LogP contribution >= 0.6 is 0 Å². The molecule has 6 amide bonds. The monoisotopic (exact) mass is 480 g/mol. The first kappa shape index (κ1) is 24.1. The Balaban J connectivity index is 1.30. The predicted molar refractivity (Wildman–Crippen MR) is 126 cm³/mol. The third-order valence-corrected chi connectivity index (χ3v) is 6.09. The van der Waals surface area contributed by atoms with E-state index in [0.29, 0.717) is 25.2 Å². The summed E-state index contributed by atoms with van der Waals surface area (Å²) in [5, 5.41) is 12.0. The number of aryl methyl sites for hydroxylation is 2. The SMILES string of the molecule is Cc1cc(NC(=O)NCCCc2ccc3c(c2)C(=O)N(C2CCC(=O)NC2=O)C3=O)nn1C(C)C. The molecular weight excluding hydrogens is 452 g/mol. The summed E-state index contributed by atoms with van der Waals surface area (Å²) in [6.07, 6.45) is 1.39. The molecule has 0 saturated carbocycles. The van der Waals surface area contributed by atoms with Crippen LogP contribution in [0.2, 0.25) is 0 Å². The van der Waals surface area contributed by atoms with Gasteiger partial charge in [0.15, 0.2) is 5.82 Å². The zero-order valence-electron chi connectivity index (χ0n) is 19.9. The van der Waals surface area contributed by atoms with Crippen molar-refractivity contribution in [3.63, 3.8) is 0 Å². The van der Waals surface area contributed by atoms with Gasteiger partial charge in [0.25, 0.3) is 11.8 Å². The highest BCUT2D eigenvalue weighted by Crippen LogP contribution is 2.28. The topological polar surface area (TPSA) is 142 Å². The Morgan fingerprint density at radius 3 is 2.57 bits per heavy atom. The first-order chi connectivity index (χ1) is 16.7. The van der Waals surface area contributed by atoms with Gasteiger partial charge < -0.3 is 5.32 Å². The molecule has 4 rings (SSSR count). The number of nitrogens with zero attached hydrogens (tertiary/aromatic N) is 3. The summed E-state index contributed by atoms with van der Waals surface area (Å²) in [6, 6.07) is 5.67. The van der Waals surface area contributed by atoms with E-state index in [1.165, 1.54) is 0 Å². The van der Waals surface area contributed by atoms with Gasteiger partial charge in [-0.2, -0.15) is 5.10 Å². The van der Waals surface area contributed by atoms with Gasteiger partial charge in [0, 0.05) is 30.8 Å². The number of amides is 6. The van der Waals surface area contributed by atoms with Crippen LogP contribution in [-0.4, -0.2) is 56.9 Å². The summed E-state index contributed by atoms with van der Waals surface area (Å²) in [5.74, 6) is -1.62. The molecule has 1 atom stereocenters. The maximum absolute atomic E-state index is 12.9. The smallest absolute Gasteiger partial charge is 0.320 e. The number of imide groups is 2. The van der Waals surface area contributed by atoms with Crippen LogP contribution in [0.4, 0.5) is 10.6 Å². The summed E-state index contributed by atoms with van der Waals surface area (Å²) in [4.78, 5) is 62.4. The second-order valence-electron chi connectivity index (χ2n) is 9.02. The van der Waals surface area contributed by atoms with E-state index < -0.39 is 29.7 Å². The third kappa shape index (κ3) is 4.93. The standard InChI is InChI=1S/C24H28N6O5/c1-13(2)30-14(3)11-19(28-30)26-24(35)25-10-4-5-15-6-7-16-17(12-15)23(34)29(22(16)33)18-8-9-20(31)27-21(18)32/h6-7,11-13,18H,4-5,8-10H2,1-3H3,(H,27,31,32)(H2,25,26,28,35). The fourth-order valence-electron chi connectivity index (χ4n) is 4.40. The van der Waals surface area contributed by atoms with Crippen LogP contribution in [0.5, 0.6) is 0 Å². The first-order valence-electron chi connectivity index (χ1n) is 11.6. The van der Waals surface area contributed by atoms with E-state index in [-0.39, 0.29) is 36.0 Å². The molecule has 1 fully saturated rings. The number of urea groups is 1. The van der Waals surface area contributed by atoms with Crippen molar-refractivity contribution in [1.29, 1.82) is 0 Å². The minimum absolute atomic E-state index is 0.0782. The van der Waals surface area contributed by atoms with E-state index in [0.717, 1.165) is 16.2 Å². The highest BCUT2D eigenvalue weighted by Gasteiger charge is 2.44. The molecule has 1 saturated heterocycles. The molecule has 0 aliphatic carbocycles. The van der Waals surface area contributed by atoms with Gasteiger partial charge in [0.2, 0.25) is 11.8 Å². The van der Waals surface area contributed by atoms with E-state index in [1.54, 1.807) is 24.3 Å². The number of rotatable bonds is 7. The second kappa shape index (κ2) is 9.69. The zero-order valence-corrected chi connectivity index (χ0v) is 19.9. The Morgan fingerprint density at radius 1 is 1.14 bits per heavy atom. The molecule has 2 aliphatic heterocycles. The minimum atomic E-state index is -0.984. The number of benzene rings is 1. The lowest BCUT2D eigenvalue weighted by Gasteiger charge is -2.27. The highest BCUT2D eigenvalue weighted by atomic mass is 16.2. The van der Waals surface area contributed by atoms with E-state index in [1.807, 2.05) is 25.5 Å². The summed E-state index contributed by atoms with van der Waals surface area (Å²) in [6.45, 7) is 6.36. The first-order valence-corrected chi connectivity index (χ1v) is 11.6. The Bertz CT molecular complexity index is 1220. The van der Waals surface area contributed by atoms with Gasteiger partial charge in [0.05, 0.1) is 11.1 Å². The number of aromatic nitrogens is 2. The Hall–Kier alpha value is -4.02. The molecule has 3 heterocycles. The van der Waals surface area contributed by atoms with Crippen LogP contribution in [0, 0.1) is 6.92 Å². The van der Waals surface area contributed by atoms with Crippen molar-refractivity contribution in [2.75, 3.05) is 11.9 Å². The molecule has 3 N–H and O–H groups in total. The zero-order chi connectivity index (χ0) is 25.3.